The lowest BCUT2D eigenvalue weighted by atomic mass is 10.0. The summed E-state index contributed by atoms with van der Waals surface area (Å²) in [6.07, 6.45) is 0. The molecule has 1 aromatic carbocycles. The summed E-state index contributed by atoms with van der Waals surface area (Å²) in [6.45, 7) is 1.16. The lowest BCUT2D eigenvalue weighted by molar-refractivity contribution is -0.385. The van der Waals surface area contributed by atoms with Gasteiger partial charge in [-0.2, -0.15) is 8.78 Å². The third-order valence-corrected chi connectivity index (χ3v) is 3.13. The first-order valence-corrected chi connectivity index (χ1v) is 6.25. The number of hydrogen-bond donors (Lipinski definition) is 1. The Labute approximate surface area is 133 Å². The monoisotopic (exact) mass is 388 g/mol. The molecule has 118 valence electrons. The molecule has 0 amide bonds. The van der Waals surface area contributed by atoms with Crippen LogP contribution in [0.15, 0.2) is 22.7 Å². The molecule has 1 rings (SSSR count). The van der Waals surface area contributed by atoms with Crippen LogP contribution < -0.4 is 5.73 Å². The smallest absolute Gasteiger partial charge is 0.379 e. The standard InChI is InChI=1S/C11H11BrF2N2O4.ClH/c1-2-20-10(17)11(13,14)9(15)6-3-4-7(12)8(5-6)16(18)19;/h3-5,9H,2,15H2,1H3;1H/t9-;/m1./s1. The van der Waals surface area contributed by atoms with E-state index in [4.69, 9.17) is 5.73 Å². The van der Waals surface area contributed by atoms with Crippen LogP contribution >= 0.6 is 28.3 Å². The van der Waals surface area contributed by atoms with Gasteiger partial charge in [0, 0.05) is 6.07 Å². The number of nitro groups is 1. The Bertz CT molecular complexity index is 545. The van der Waals surface area contributed by atoms with Gasteiger partial charge in [0.05, 0.1) is 16.0 Å². The number of benzene rings is 1. The van der Waals surface area contributed by atoms with Crippen molar-refractivity contribution in [3.8, 4) is 0 Å². The number of carbonyl (C=O) groups is 1. The molecule has 1 aromatic rings. The summed E-state index contributed by atoms with van der Waals surface area (Å²) in [4.78, 5) is 21.2. The van der Waals surface area contributed by atoms with Crippen molar-refractivity contribution in [2.45, 2.75) is 18.9 Å². The second-order valence-electron chi connectivity index (χ2n) is 3.79. The summed E-state index contributed by atoms with van der Waals surface area (Å²) in [5.41, 5.74) is 4.68. The maximum atomic E-state index is 13.7. The van der Waals surface area contributed by atoms with E-state index in [9.17, 15) is 23.7 Å². The number of ether oxygens (including phenoxy) is 1. The van der Waals surface area contributed by atoms with Gasteiger partial charge in [-0.25, -0.2) is 4.79 Å². The molecule has 0 heterocycles. The average molecular weight is 390 g/mol. The molecule has 0 aliphatic rings. The van der Waals surface area contributed by atoms with E-state index in [-0.39, 0.29) is 29.1 Å². The van der Waals surface area contributed by atoms with Gasteiger partial charge in [-0.05, 0) is 34.5 Å². The van der Waals surface area contributed by atoms with Crippen molar-refractivity contribution >= 4 is 40.0 Å². The van der Waals surface area contributed by atoms with Crippen LogP contribution in [0.4, 0.5) is 14.5 Å². The van der Waals surface area contributed by atoms with Crippen molar-refractivity contribution in [1.29, 1.82) is 0 Å². The minimum absolute atomic E-state index is 0. The lowest BCUT2D eigenvalue weighted by Gasteiger charge is -2.21. The second kappa shape index (κ2) is 7.62. The summed E-state index contributed by atoms with van der Waals surface area (Å²) < 4.78 is 31.8. The number of carbonyl (C=O) groups excluding carboxylic acids is 1. The summed E-state index contributed by atoms with van der Waals surface area (Å²) in [5.74, 6) is -5.74. The molecule has 2 N–H and O–H groups in total. The molecule has 0 fully saturated rings. The molecule has 0 unspecified atom stereocenters. The van der Waals surface area contributed by atoms with Gasteiger partial charge in [-0.15, -0.1) is 12.4 Å². The second-order valence-corrected chi connectivity index (χ2v) is 4.64. The van der Waals surface area contributed by atoms with E-state index in [1.54, 1.807) is 0 Å². The SMILES string of the molecule is CCOC(=O)C(F)(F)[C@H](N)c1ccc(Br)c([N+](=O)[O-])c1.Cl. The van der Waals surface area contributed by atoms with E-state index < -0.39 is 28.5 Å². The first kappa shape index (κ1) is 19.7. The van der Waals surface area contributed by atoms with Crippen LogP contribution in [-0.2, 0) is 9.53 Å². The number of nitrogens with zero attached hydrogens (tertiary/aromatic N) is 1. The van der Waals surface area contributed by atoms with E-state index in [1.165, 1.54) is 19.1 Å². The van der Waals surface area contributed by atoms with Crippen LogP contribution in [0.1, 0.15) is 18.5 Å². The van der Waals surface area contributed by atoms with Gasteiger partial charge in [-0.3, -0.25) is 10.1 Å². The highest BCUT2D eigenvalue weighted by Crippen LogP contribution is 2.34. The van der Waals surface area contributed by atoms with Gasteiger partial charge in [-0.1, -0.05) is 6.07 Å². The number of nitrogens with two attached hydrogens (primary N) is 1. The molecule has 0 saturated carbocycles. The van der Waals surface area contributed by atoms with Gasteiger partial charge in [0.2, 0.25) is 0 Å². The number of halogens is 4. The molecule has 1 atom stereocenters. The third-order valence-electron chi connectivity index (χ3n) is 2.46. The number of alkyl halides is 2. The topological polar surface area (TPSA) is 95.5 Å². The fourth-order valence-electron chi connectivity index (χ4n) is 1.43. The third kappa shape index (κ3) is 4.32. The summed E-state index contributed by atoms with van der Waals surface area (Å²) in [7, 11) is 0. The van der Waals surface area contributed by atoms with E-state index in [1.807, 2.05) is 0 Å². The van der Waals surface area contributed by atoms with Crippen LogP contribution in [-0.4, -0.2) is 23.4 Å². The van der Waals surface area contributed by atoms with E-state index in [0.29, 0.717) is 0 Å². The van der Waals surface area contributed by atoms with Gasteiger partial charge in [0.15, 0.2) is 0 Å². The molecule has 10 heteroatoms. The largest absolute Gasteiger partial charge is 0.462 e. The van der Waals surface area contributed by atoms with E-state index in [2.05, 4.69) is 20.7 Å². The molecule has 0 aliphatic carbocycles. The van der Waals surface area contributed by atoms with Crippen molar-refractivity contribution in [1.82, 2.24) is 0 Å². The van der Waals surface area contributed by atoms with E-state index >= 15 is 0 Å². The molecule has 0 spiro atoms. The van der Waals surface area contributed by atoms with Crippen molar-refractivity contribution < 1.29 is 23.2 Å². The molecule has 0 bridgehead atoms. The fraction of sp³-hybridized carbons (Fsp3) is 0.364. The van der Waals surface area contributed by atoms with Crippen molar-refractivity contribution in [2.24, 2.45) is 5.73 Å². The minimum atomic E-state index is -3.97. The maximum absolute atomic E-state index is 13.7. The first-order valence-electron chi connectivity index (χ1n) is 5.46. The van der Waals surface area contributed by atoms with Crippen molar-refractivity contribution in [3.05, 3.63) is 38.3 Å². The molecule has 21 heavy (non-hydrogen) atoms. The number of nitro benzene ring substituents is 1. The Morgan fingerprint density at radius 3 is 2.62 bits per heavy atom. The van der Waals surface area contributed by atoms with Crippen LogP contribution in [0.25, 0.3) is 0 Å². The number of rotatable bonds is 5. The quantitative estimate of drug-likeness (QED) is 0.474. The van der Waals surface area contributed by atoms with Crippen LogP contribution in [0.2, 0.25) is 0 Å². The molecular weight excluding hydrogens is 377 g/mol. The zero-order valence-corrected chi connectivity index (χ0v) is 13.1. The Morgan fingerprint density at radius 2 is 2.14 bits per heavy atom. The molecule has 0 radical (unpaired) electrons. The van der Waals surface area contributed by atoms with Gasteiger partial charge in [0.25, 0.3) is 5.69 Å². The highest BCUT2D eigenvalue weighted by molar-refractivity contribution is 9.10. The summed E-state index contributed by atoms with van der Waals surface area (Å²) >= 11 is 2.92. The van der Waals surface area contributed by atoms with Crippen LogP contribution in [0.5, 0.6) is 0 Å². The lowest BCUT2D eigenvalue weighted by Crippen LogP contribution is -2.41. The van der Waals surface area contributed by atoms with E-state index in [0.717, 1.165) is 6.07 Å². The summed E-state index contributed by atoms with van der Waals surface area (Å²) in [5, 5.41) is 10.7. The predicted octanol–water partition coefficient (Wildman–Crippen LogP) is 2.98. The minimum Gasteiger partial charge on any atom is -0.462 e. The normalized spacial score (nSPS) is 12.2. The molecule has 0 aromatic heterocycles. The molecule has 0 aliphatic heterocycles. The number of esters is 1. The predicted molar refractivity (Wildman–Crippen MR) is 76.6 cm³/mol. The highest BCUT2D eigenvalue weighted by Gasteiger charge is 2.48. The van der Waals surface area contributed by atoms with Crippen LogP contribution in [0.3, 0.4) is 0 Å². The zero-order chi connectivity index (χ0) is 15.5. The first-order chi connectivity index (χ1) is 9.21. The highest BCUT2D eigenvalue weighted by atomic mass is 79.9. The Hall–Kier alpha value is -1.32. The van der Waals surface area contributed by atoms with Crippen LogP contribution in [0, 0.1) is 10.1 Å². The molecular formula is C11H12BrClF2N2O4. The Balaban J connectivity index is 0.00000400. The van der Waals surface area contributed by atoms with Gasteiger partial charge >= 0.3 is 11.9 Å². The molecule has 6 nitrogen and oxygen atoms in total. The van der Waals surface area contributed by atoms with Gasteiger partial charge in [0.1, 0.15) is 6.04 Å². The molecule has 0 saturated heterocycles. The Morgan fingerprint density at radius 1 is 1.57 bits per heavy atom. The van der Waals surface area contributed by atoms with Crippen molar-refractivity contribution in [3.63, 3.8) is 0 Å². The van der Waals surface area contributed by atoms with Gasteiger partial charge < -0.3 is 10.5 Å². The zero-order valence-electron chi connectivity index (χ0n) is 10.7. The maximum Gasteiger partial charge on any atom is 0.379 e. The number of hydrogen-bond acceptors (Lipinski definition) is 5. The Kier molecular flexibility index (Phi) is 7.14. The fourth-order valence-corrected chi connectivity index (χ4v) is 1.82. The summed E-state index contributed by atoms with van der Waals surface area (Å²) in [6, 6.07) is 1.25. The van der Waals surface area contributed by atoms with Crippen molar-refractivity contribution in [2.75, 3.05) is 6.61 Å². The average Bonchev–Trinajstić information content (AvgIpc) is 2.38.